The number of hydrogen-bond acceptors (Lipinski definition) is 3. The second kappa shape index (κ2) is 5.04. The molecule has 0 bridgehead atoms. The van der Waals surface area contributed by atoms with Gasteiger partial charge in [-0.05, 0) is 24.1 Å². The number of ether oxygens (including phenoxy) is 1. The molecule has 0 amide bonds. The first-order valence-corrected chi connectivity index (χ1v) is 6.44. The van der Waals surface area contributed by atoms with Gasteiger partial charge in [0.15, 0.2) is 0 Å². The Hall–Kier alpha value is -1.45. The minimum atomic E-state index is 0.401. The van der Waals surface area contributed by atoms with Gasteiger partial charge in [-0.25, -0.2) is 0 Å². The summed E-state index contributed by atoms with van der Waals surface area (Å²) < 4.78 is 5.41. The fourth-order valence-corrected chi connectivity index (χ4v) is 2.67. The topological polar surface area (TPSA) is 25.4 Å². The minimum absolute atomic E-state index is 0.401. The van der Waals surface area contributed by atoms with Crippen molar-refractivity contribution in [1.82, 2.24) is 9.88 Å². The summed E-state index contributed by atoms with van der Waals surface area (Å²) in [5.74, 6) is 0. The van der Waals surface area contributed by atoms with Crippen LogP contribution in [0.2, 0.25) is 0 Å². The van der Waals surface area contributed by atoms with E-state index in [9.17, 15) is 0 Å². The zero-order valence-corrected chi connectivity index (χ0v) is 10.7. The number of pyridine rings is 1. The van der Waals surface area contributed by atoms with Gasteiger partial charge in [0.05, 0.1) is 11.6 Å². The highest BCUT2D eigenvalue weighted by atomic mass is 16.5. The standard InChI is InChI=1S/C15H18N2O/c1-18-13-7-9-17(11-13)10-12-6-8-16-15-5-3-2-4-14(12)15/h2-6,8,13H,7,9-11H2,1H3/t13-/m0/s1. The van der Waals surface area contributed by atoms with Crippen molar-refractivity contribution in [3.8, 4) is 0 Å². The smallest absolute Gasteiger partial charge is 0.0710 e. The summed E-state index contributed by atoms with van der Waals surface area (Å²) in [6.07, 6.45) is 3.44. The molecule has 18 heavy (non-hydrogen) atoms. The SMILES string of the molecule is CO[C@H]1CCN(Cc2ccnc3ccccc23)C1. The number of fused-ring (bicyclic) bond motifs is 1. The van der Waals surface area contributed by atoms with E-state index in [0.717, 1.165) is 31.6 Å². The fraction of sp³-hybridized carbons (Fsp3) is 0.400. The molecule has 1 saturated heterocycles. The molecule has 2 heterocycles. The van der Waals surface area contributed by atoms with Gasteiger partial charge in [-0.2, -0.15) is 0 Å². The van der Waals surface area contributed by atoms with Crippen LogP contribution in [0.1, 0.15) is 12.0 Å². The highest BCUT2D eigenvalue weighted by Crippen LogP contribution is 2.20. The largest absolute Gasteiger partial charge is 0.380 e. The zero-order chi connectivity index (χ0) is 12.4. The van der Waals surface area contributed by atoms with Crippen LogP contribution in [-0.2, 0) is 11.3 Å². The molecule has 0 radical (unpaired) electrons. The Labute approximate surface area is 107 Å². The Bertz CT molecular complexity index is 536. The van der Waals surface area contributed by atoms with Crippen molar-refractivity contribution in [2.24, 2.45) is 0 Å². The van der Waals surface area contributed by atoms with Crippen molar-refractivity contribution in [2.75, 3.05) is 20.2 Å². The van der Waals surface area contributed by atoms with Crippen LogP contribution in [0, 0.1) is 0 Å². The minimum Gasteiger partial charge on any atom is -0.380 e. The van der Waals surface area contributed by atoms with Gasteiger partial charge in [-0.15, -0.1) is 0 Å². The van der Waals surface area contributed by atoms with Crippen molar-refractivity contribution in [2.45, 2.75) is 19.1 Å². The van der Waals surface area contributed by atoms with Gasteiger partial charge in [0.1, 0.15) is 0 Å². The van der Waals surface area contributed by atoms with Crippen LogP contribution >= 0.6 is 0 Å². The van der Waals surface area contributed by atoms with E-state index in [1.807, 2.05) is 12.3 Å². The molecule has 1 aliphatic heterocycles. The van der Waals surface area contributed by atoms with E-state index in [-0.39, 0.29) is 0 Å². The van der Waals surface area contributed by atoms with Gasteiger partial charge in [0, 0.05) is 38.3 Å². The van der Waals surface area contributed by atoms with Crippen molar-refractivity contribution >= 4 is 10.9 Å². The monoisotopic (exact) mass is 242 g/mol. The van der Waals surface area contributed by atoms with Gasteiger partial charge in [0.2, 0.25) is 0 Å². The number of methoxy groups -OCH3 is 1. The lowest BCUT2D eigenvalue weighted by Gasteiger charge is -2.16. The number of likely N-dealkylation sites (tertiary alicyclic amines) is 1. The number of rotatable bonds is 3. The molecule has 3 nitrogen and oxygen atoms in total. The molecule has 0 unspecified atom stereocenters. The average Bonchev–Trinajstić information content (AvgIpc) is 2.87. The van der Waals surface area contributed by atoms with Gasteiger partial charge in [-0.3, -0.25) is 9.88 Å². The summed E-state index contributed by atoms with van der Waals surface area (Å²) >= 11 is 0. The van der Waals surface area contributed by atoms with Crippen molar-refractivity contribution in [3.05, 3.63) is 42.1 Å². The third kappa shape index (κ3) is 2.24. The maximum Gasteiger partial charge on any atom is 0.0710 e. The molecule has 3 rings (SSSR count). The Morgan fingerprint density at radius 3 is 3.06 bits per heavy atom. The second-order valence-corrected chi connectivity index (χ2v) is 4.87. The Kier molecular flexibility index (Phi) is 3.26. The third-order valence-electron chi connectivity index (χ3n) is 3.70. The van der Waals surface area contributed by atoms with Gasteiger partial charge in [-0.1, -0.05) is 18.2 Å². The molecule has 3 heteroatoms. The lowest BCUT2D eigenvalue weighted by atomic mass is 10.1. The van der Waals surface area contributed by atoms with E-state index >= 15 is 0 Å². The van der Waals surface area contributed by atoms with E-state index in [0.29, 0.717) is 6.10 Å². The van der Waals surface area contributed by atoms with Gasteiger partial charge in [0.25, 0.3) is 0 Å². The molecule has 1 atom stereocenters. The highest BCUT2D eigenvalue weighted by molar-refractivity contribution is 5.81. The predicted molar refractivity (Wildman–Crippen MR) is 72.4 cm³/mol. The predicted octanol–water partition coefficient (Wildman–Crippen LogP) is 2.46. The highest BCUT2D eigenvalue weighted by Gasteiger charge is 2.22. The maximum atomic E-state index is 5.41. The maximum absolute atomic E-state index is 5.41. The molecule has 1 fully saturated rings. The summed E-state index contributed by atoms with van der Waals surface area (Å²) in [5, 5.41) is 1.26. The molecule has 0 saturated carbocycles. The normalized spacial score (nSPS) is 20.6. The van der Waals surface area contributed by atoms with E-state index in [2.05, 4.69) is 34.1 Å². The quantitative estimate of drug-likeness (QED) is 0.826. The Morgan fingerprint density at radius 2 is 2.22 bits per heavy atom. The van der Waals surface area contributed by atoms with Crippen LogP contribution in [0.25, 0.3) is 10.9 Å². The zero-order valence-electron chi connectivity index (χ0n) is 10.7. The molecule has 1 aromatic heterocycles. The molecular formula is C15H18N2O. The van der Waals surface area contributed by atoms with Crippen molar-refractivity contribution in [3.63, 3.8) is 0 Å². The first kappa shape index (κ1) is 11.6. The molecule has 1 aliphatic rings. The Morgan fingerprint density at radius 1 is 1.33 bits per heavy atom. The van der Waals surface area contributed by atoms with Crippen LogP contribution in [-0.4, -0.2) is 36.2 Å². The summed E-state index contributed by atoms with van der Waals surface area (Å²) in [6, 6.07) is 10.5. The lowest BCUT2D eigenvalue weighted by molar-refractivity contribution is 0.107. The number of nitrogens with zero attached hydrogens (tertiary/aromatic N) is 2. The van der Waals surface area contributed by atoms with E-state index in [4.69, 9.17) is 4.74 Å². The number of benzene rings is 1. The summed E-state index contributed by atoms with van der Waals surface area (Å²) in [4.78, 5) is 6.86. The number of para-hydroxylation sites is 1. The van der Waals surface area contributed by atoms with Crippen LogP contribution in [0.4, 0.5) is 0 Å². The van der Waals surface area contributed by atoms with Crippen LogP contribution < -0.4 is 0 Å². The van der Waals surface area contributed by atoms with Crippen LogP contribution in [0.5, 0.6) is 0 Å². The van der Waals surface area contributed by atoms with Crippen molar-refractivity contribution < 1.29 is 4.74 Å². The van der Waals surface area contributed by atoms with E-state index < -0.39 is 0 Å². The first-order valence-electron chi connectivity index (χ1n) is 6.44. The van der Waals surface area contributed by atoms with Gasteiger partial charge >= 0.3 is 0 Å². The summed E-state index contributed by atoms with van der Waals surface area (Å²) in [5.41, 5.74) is 2.44. The van der Waals surface area contributed by atoms with E-state index in [1.54, 1.807) is 7.11 Å². The number of hydrogen-bond donors (Lipinski definition) is 0. The molecule has 0 spiro atoms. The average molecular weight is 242 g/mol. The molecule has 1 aromatic carbocycles. The fourth-order valence-electron chi connectivity index (χ4n) is 2.67. The molecule has 94 valence electrons. The number of aromatic nitrogens is 1. The summed E-state index contributed by atoms with van der Waals surface area (Å²) in [7, 11) is 1.80. The van der Waals surface area contributed by atoms with Gasteiger partial charge < -0.3 is 4.74 Å². The third-order valence-corrected chi connectivity index (χ3v) is 3.70. The molecule has 0 aliphatic carbocycles. The molecule has 2 aromatic rings. The molecular weight excluding hydrogens is 224 g/mol. The molecule has 0 N–H and O–H groups in total. The van der Waals surface area contributed by atoms with Crippen LogP contribution in [0.3, 0.4) is 0 Å². The van der Waals surface area contributed by atoms with Crippen molar-refractivity contribution in [1.29, 1.82) is 0 Å². The second-order valence-electron chi connectivity index (χ2n) is 4.87. The van der Waals surface area contributed by atoms with E-state index in [1.165, 1.54) is 10.9 Å². The Balaban J connectivity index is 1.83. The van der Waals surface area contributed by atoms with Crippen LogP contribution in [0.15, 0.2) is 36.5 Å². The summed E-state index contributed by atoms with van der Waals surface area (Å²) in [6.45, 7) is 3.14. The lowest BCUT2D eigenvalue weighted by Crippen LogP contribution is -2.22. The first-order chi connectivity index (χ1) is 8.86.